The SMILES string of the molecule is CC1CN(C(=O)C2(C#N)CCCCCC2)CC(C)O1. The van der Waals surface area contributed by atoms with Crippen molar-refractivity contribution in [1.82, 2.24) is 4.90 Å². The summed E-state index contributed by atoms with van der Waals surface area (Å²) in [6.07, 6.45) is 5.86. The second-order valence-electron chi connectivity index (χ2n) is 6.08. The number of carbonyl (C=O) groups is 1. The zero-order valence-electron chi connectivity index (χ0n) is 12.0. The minimum absolute atomic E-state index is 0.0406. The van der Waals surface area contributed by atoms with E-state index in [-0.39, 0.29) is 18.1 Å². The number of amides is 1. The number of ether oxygens (including phenoxy) is 1. The van der Waals surface area contributed by atoms with E-state index in [0.29, 0.717) is 13.1 Å². The van der Waals surface area contributed by atoms with Crippen LogP contribution in [0.3, 0.4) is 0 Å². The lowest BCUT2D eigenvalue weighted by molar-refractivity contribution is -0.151. The van der Waals surface area contributed by atoms with Gasteiger partial charge in [0, 0.05) is 13.1 Å². The lowest BCUT2D eigenvalue weighted by atomic mass is 9.80. The summed E-state index contributed by atoms with van der Waals surface area (Å²) in [5.74, 6) is 0.0406. The summed E-state index contributed by atoms with van der Waals surface area (Å²) in [6, 6.07) is 2.35. The molecule has 1 saturated carbocycles. The molecule has 0 N–H and O–H groups in total. The van der Waals surface area contributed by atoms with E-state index < -0.39 is 5.41 Å². The molecule has 0 aromatic heterocycles. The molecule has 2 rings (SSSR count). The number of hydrogen-bond acceptors (Lipinski definition) is 3. The van der Waals surface area contributed by atoms with E-state index in [4.69, 9.17) is 4.74 Å². The average Bonchev–Trinajstić information content (AvgIpc) is 2.63. The summed E-state index contributed by atoms with van der Waals surface area (Å²) < 4.78 is 5.67. The fourth-order valence-corrected chi connectivity index (χ4v) is 3.35. The summed E-state index contributed by atoms with van der Waals surface area (Å²) in [7, 11) is 0. The van der Waals surface area contributed by atoms with Gasteiger partial charge >= 0.3 is 0 Å². The van der Waals surface area contributed by atoms with E-state index in [2.05, 4.69) is 6.07 Å². The molecule has 1 aliphatic carbocycles. The van der Waals surface area contributed by atoms with Crippen molar-refractivity contribution in [1.29, 1.82) is 5.26 Å². The number of rotatable bonds is 1. The van der Waals surface area contributed by atoms with Gasteiger partial charge in [-0.25, -0.2) is 0 Å². The van der Waals surface area contributed by atoms with E-state index in [1.807, 2.05) is 18.7 Å². The van der Waals surface area contributed by atoms with Gasteiger partial charge in [0.15, 0.2) is 0 Å². The first-order valence-corrected chi connectivity index (χ1v) is 7.43. The zero-order chi connectivity index (χ0) is 13.9. The van der Waals surface area contributed by atoms with Crippen LogP contribution >= 0.6 is 0 Å². The number of nitriles is 1. The molecule has 0 bridgehead atoms. The van der Waals surface area contributed by atoms with Gasteiger partial charge < -0.3 is 9.64 Å². The molecule has 0 spiro atoms. The van der Waals surface area contributed by atoms with Gasteiger partial charge in [0.05, 0.1) is 18.3 Å². The standard InChI is InChI=1S/C15H24N2O2/c1-12-9-17(10-13(2)19-12)14(18)15(11-16)7-5-3-4-6-8-15/h12-13H,3-10H2,1-2H3. The van der Waals surface area contributed by atoms with Crippen LogP contribution in [0, 0.1) is 16.7 Å². The van der Waals surface area contributed by atoms with E-state index >= 15 is 0 Å². The maximum absolute atomic E-state index is 12.8. The predicted molar refractivity (Wildman–Crippen MR) is 72.3 cm³/mol. The minimum atomic E-state index is -0.771. The Balaban J connectivity index is 2.13. The van der Waals surface area contributed by atoms with Gasteiger partial charge in [-0.2, -0.15) is 5.26 Å². The van der Waals surface area contributed by atoms with Crippen molar-refractivity contribution < 1.29 is 9.53 Å². The summed E-state index contributed by atoms with van der Waals surface area (Å²) >= 11 is 0. The van der Waals surface area contributed by atoms with Crippen LogP contribution in [0.2, 0.25) is 0 Å². The third-order valence-corrected chi connectivity index (χ3v) is 4.29. The highest BCUT2D eigenvalue weighted by Gasteiger charge is 2.43. The van der Waals surface area contributed by atoms with Gasteiger partial charge in [-0.05, 0) is 26.7 Å². The van der Waals surface area contributed by atoms with Crippen LogP contribution in [0.15, 0.2) is 0 Å². The summed E-state index contributed by atoms with van der Waals surface area (Å²) in [4.78, 5) is 14.7. The fourth-order valence-electron chi connectivity index (χ4n) is 3.35. The summed E-state index contributed by atoms with van der Waals surface area (Å²) in [6.45, 7) is 5.21. The molecule has 4 heteroatoms. The third-order valence-electron chi connectivity index (χ3n) is 4.29. The Morgan fingerprint density at radius 1 is 1.16 bits per heavy atom. The van der Waals surface area contributed by atoms with Crippen molar-refractivity contribution in [2.75, 3.05) is 13.1 Å². The molecule has 2 aliphatic rings. The van der Waals surface area contributed by atoms with Crippen molar-refractivity contribution in [3.05, 3.63) is 0 Å². The van der Waals surface area contributed by atoms with E-state index in [1.54, 1.807) is 0 Å². The smallest absolute Gasteiger partial charge is 0.243 e. The van der Waals surface area contributed by atoms with Gasteiger partial charge in [0.2, 0.25) is 5.91 Å². The van der Waals surface area contributed by atoms with E-state index in [0.717, 1.165) is 38.5 Å². The molecule has 2 unspecified atom stereocenters. The Bertz CT molecular complexity index is 357. The number of nitrogens with zero attached hydrogens (tertiary/aromatic N) is 2. The topological polar surface area (TPSA) is 53.3 Å². The van der Waals surface area contributed by atoms with Gasteiger partial charge in [0.1, 0.15) is 5.41 Å². The van der Waals surface area contributed by atoms with Crippen LogP contribution in [0.4, 0.5) is 0 Å². The molecule has 1 saturated heterocycles. The fraction of sp³-hybridized carbons (Fsp3) is 0.867. The van der Waals surface area contributed by atoms with Crippen LogP contribution in [-0.4, -0.2) is 36.1 Å². The molecule has 1 heterocycles. The predicted octanol–water partition coefficient (Wildman–Crippen LogP) is 2.49. The maximum atomic E-state index is 12.8. The highest BCUT2D eigenvalue weighted by molar-refractivity contribution is 5.85. The second-order valence-corrected chi connectivity index (χ2v) is 6.08. The zero-order valence-corrected chi connectivity index (χ0v) is 12.0. The molecule has 2 fully saturated rings. The first-order valence-electron chi connectivity index (χ1n) is 7.43. The Kier molecular flexibility index (Phi) is 4.46. The molecular formula is C15H24N2O2. The molecule has 1 aliphatic heterocycles. The van der Waals surface area contributed by atoms with Crippen LogP contribution < -0.4 is 0 Å². The lowest BCUT2D eigenvalue weighted by Crippen LogP contribution is -2.53. The Morgan fingerprint density at radius 2 is 1.68 bits per heavy atom. The molecule has 0 radical (unpaired) electrons. The largest absolute Gasteiger partial charge is 0.372 e. The van der Waals surface area contributed by atoms with Crippen molar-refractivity contribution in [2.45, 2.75) is 64.6 Å². The number of hydrogen-bond donors (Lipinski definition) is 0. The van der Waals surface area contributed by atoms with Crippen molar-refractivity contribution in [2.24, 2.45) is 5.41 Å². The van der Waals surface area contributed by atoms with Crippen molar-refractivity contribution >= 4 is 5.91 Å². The molecule has 4 nitrogen and oxygen atoms in total. The first kappa shape index (κ1) is 14.3. The van der Waals surface area contributed by atoms with Crippen LogP contribution in [0.1, 0.15) is 52.4 Å². The lowest BCUT2D eigenvalue weighted by Gasteiger charge is -2.39. The quantitative estimate of drug-likeness (QED) is 0.684. The Labute approximate surface area is 115 Å². The highest BCUT2D eigenvalue weighted by Crippen LogP contribution is 2.36. The average molecular weight is 264 g/mol. The molecule has 106 valence electrons. The van der Waals surface area contributed by atoms with Crippen LogP contribution in [0.5, 0.6) is 0 Å². The molecule has 1 amide bonds. The minimum Gasteiger partial charge on any atom is -0.372 e. The van der Waals surface area contributed by atoms with Crippen molar-refractivity contribution in [3.63, 3.8) is 0 Å². The van der Waals surface area contributed by atoms with Crippen LogP contribution in [-0.2, 0) is 9.53 Å². The van der Waals surface area contributed by atoms with Gasteiger partial charge in [-0.3, -0.25) is 4.79 Å². The third kappa shape index (κ3) is 3.09. The first-order chi connectivity index (χ1) is 9.07. The highest BCUT2D eigenvalue weighted by atomic mass is 16.5. The number of carbonyl (C=O) groups excluding carboxylic acids is 1. The van der Waals surface area contributed by atoms with Crippen molar-refractivity contribution in [3.8, 4) is 6.07 Å². The van der Waals surface area contributed by atoms with Gasteiger partial charge in [-0.15, -0.1) is 0 Å². The Morgan fingerprint density at radius 3 is 2.16 bits per heavy atom. The molecular weight excluding hydrogens is 240 g/mol. The van der Waals surface area contributed by atoms with E-state index in [1.165, 1.54) is 0 Å². The molecule has 2 atom stereocenters. The van der Waals surface area contributed by atoms with Crippen LogP contribution in [0.25, 0.3) is 0 Å². The normalized spacial score (nSPS) is 31.3. The van der Waals surface area contributed by atoms with Gasteiger partial charge in [0.25, 0.3) is 0 Å². The maximum Gasteiger partial charge on any atom is 0.243 e. The summed E-state index contributed by atoms with van der Waals surface area (Å²) in [5.41, 5.74) is -0.771. The molecule has 0 aromatic carbocycles. The second kappa shape index (κ2) is 5.92. The molecule has 0 aromatic rings. The summed E-state index contributed by atoms with van der Waals surface area (Å²) in [5, 5.41) is 9.57. The Hall–Kier alpha value is -1.08. The van der Waals surface area contributed by atoms with Gasteiger partial charge in [-0.1, -0.05) is 25.7 Å². The number of morpholine rings is 1. The van der Waals surface area contributed by atoms with E-state index in [9.17, 15) is 10.1 Å². The monoisotopic (exact) mass is 264 g/mol. The molecule has 19 heavy (non-hydrogen) atoms.